The number of carbonyl (C=O) groups is 2. The molecule has 0 fully saturated rings. The Morgan fingerprint density at radius 3 is 2.55 bits per heavy atom. The molecule has 0 aromatic carbocycles. The van der Waals surface area contributed by atoms with Crippen LogP contribution in [0.3, 0.4) is 0 Å². The third-order valence-corrected chi connectivity index (χ3v) is 3.12. The zero-order valence-electron chi connectivity index (χ0n) is 12.1. The van der Waals surface area contributed by atoms with E-state index < -0.39 is 54.6 Å². The summed E-state index contributed by atoms with van der Waals surface area (Å²) in [6, 6.07) is -1.65. The number of amides is 1. The minimum Gasteiger partial charge on any atom is -0.478 e. The van der Waals surface area contributed by atoms with E-state index in [2.05, 4.69) is 5.32 Å². The van der Waals surface area contributed by atoms with Gasteiger partial charge in [0.15, 0.2) is 0 Å². The monoisotopic (exact) mass is 340 g/mol. The van der Waals surface area contributed by atoms with Crippen molar-refractivity contribution in [1.29, 1.82) is 0 Å². The Balaban J connectivity index is 0.00000441. The number of rotatable bonds is 6. The maximum absolute atomic E-state index is 11.3. The summed E-state index contributed by atoms with van der Waals surface area (Å²) in [6.45, 7) is 0.650. The van der Waals surface area contributed by atoms with E-state index in [1.165, 1.54) is 14.0 Å². The summed E-state index contributed by atoms with van der Waals surface area (Å²) in [5.41, 5.74) is 5.85. The van der Waals surface area contributed by atoms with Gasteiger partial charge in [-0.2, -0.15) is 0 Å². The number of methoxy groups -OCH3 is 1. The molecule has 0 aromatic rings. The second-order valence-electron chi connectivity index (χ2n) is 4.67. The van der Waals surface area contributed by atoms with Crippen molar-refractivity contribution >= 4 is 24.3 Å². The van der Waals surface area contributed by atoms with Gasteiger partial charge in [0.05, 0.1) is 18.7 Å². The first-order valence-corrected chi connectivity index (χ1v) is 6.28. The fourth-order valence-electron chi connectivity index (χ4n) is 2.18. The van der Waals surface area contributed by atoms with Crippen LogP contribution in [0.5, 0.6) is 0 Å². The molecule has 22 heavy (non-hydrogen) atoms. The molecule has 0 aromatic heterocycles. The summed E-state index contributed by atoms with van der Waals surface area (Å²) in [4.78, 5) is 22.3. The molecular weight excluding hydrogens is 320 g/mol. The fraction of sp³-hybridized carbons (Fsp3) is 0.667. The van der Waals surface area contributed by atoms with E-state index in [1.807, 2.05) is 0 Å². The Kier molecular flexibility index (Phi) is 8.35. The molecule has 6 N–H and O–H groups in total. The molecule has 1 aliphatic heterocycles. The lowest BCUT2D eigenvalue weighted by Gasteiger charge is -2.39. The van der Waals surface area contributed by atoms with Gasteiger partial charge >= 0.3 is 5.97 Å². The first-order chi connectivity index (χ1) is 9.81. The number of carboxylic acids is 1. The summed E-state index contributed by atoms with van der Waals surface area (Å²) in [7, 11) is 1.27. The van der Waals surface area contributed by atoms with Crippen LogP contribution < -0.4 is 11.1 Å². The number of ether oxygens (including phenoxy) is 2. The lowest BCUT2D eigenvalue weighted by atomic mass is 9.92. The number of halogens is 1. The number of hydrogen-bond donors (Lipinski definition) is 5. The van der Waals surface area contributed by atoms with Gasteiger partial charge in [-0.3, -0.25) is 4.79 Å². The van der Waals surface area contributed by atoms with Gasteiger partial charge in [-0.15, -0.1) is 12.4 Å². The summed E-state index contributed by atoms with van der Waals surface area (Å²) in [6.07, 6.45) is -2.29. The standard InChI is InChI=1S/C12H20N2O7.ClH/c1-5(16)14-9-6(13)3-8(12(18)19)21-11(9)10(20-2)7(17)4-15;/h3,6-7,9-11,15,17H,4,13H2,1-2H3,(H,14,16)(H,18,19);1H/t6-,7?,9+,10?,11+;/m0./s1. The summed E-state index contributed by atoms with van der Waals surface area (Å²) in [5.74, 6) is -2.13. The average molecular weight is 341 g/mol. The highest BCUT2D eigenvalue weighted by Gasteiger charge is 2.43. The summed E-state index contributed by atoms with van der Waals surface area (Å²) < 4.78 is 10.3. The molecule has 0 radical (unpaired) electrons. The first-order valence-electron chi connectivity index (χ1n) is 6.28. The van der Waals surface area contributed by atoms with Crippen molar-refractivity contribution in [2.24, 2.45) is 5.73 Å². The smallest absolute Gasteiger partial charge is 0.370 e. The Labute approximate surface area is 133 Å². The molecule has 1 heterocycles. The van der Waals surface area contributed by atoms with E-state index in [4.69, 9.17) is 25.4 Å². The summed E-state index contributed by atoms with van der Waals surface area (Å²) in [5, 5.41) is 30.3. The fourth-order valence-corrected chi connectivity index (χ4v) is 2.18. The van der Waals surface area contributed by atoms with Crippen molar-refractivity contribution in [2.45, 2.75) is 37.3 Å². The van der Waals surface area contributed by atoms with Gasteiger partial charge in [-0.05, 0) is 6.08 Å². The van der Waals surface area contributed by atoms with Crippen LogP contribution in [0.15, 0.2) is 11.8 Å². The van der Waals surface area contributed by atoms with Gasteiger partial charge < -0.3 is 35.8 Å². The van der Waals surface area contributed by atoms with E-state index in [0.717, 1.165) is 6.08 Å². The lowest BCUT2D eigenvalue weighted by Crippen LogP contribution is -2.62. The molecule has 10 heteroatoms. The number of nitrogens with one attached hydrogen (secondary N) is 1. The van der Waals surface area contributed by atoms with E-state index in [-0.39, 0.29) is 12.4 Å². The summed E-state index contributed by atoms with van der Waals surface area (Å²) >= 11 is 0. The molecule has 0 aliphatic carbocycles. The van der Waals surface area contributed by atoms with Crippen molar-refractivity contribution in [2.75, 3.05) is 13.7 Å². The molecule has 1 amide bonds. The van der Waals surface area contributed by atoms with Gasteiger partial charge in [0, 0.05) is 14.0 Å². The Hall–Kier alpha value is -1.39. The largest absolute Gasteiger partial charge is 0.478 e. The molecule has 0 saturated carbocycles. The van der Waals surface area contributed by atoms with Crippen molar-refractivity contribution in [3.8, 4) is 0 Å². The number of carbonyl (C=O) groups excluding carboxylic acids is 1. The predicted molar refractivity (Wildman–Crippen MR) is 77.3 cm³/mol. The Morgan fingerprint density at radius 2 is 2.14 bits per heavy atom. The van der Waals surface area contributed by atoms with Crippen LogP contribution in [-0.4, -0.2) is 71.3 Å². The molecular formula is C12H21ClN2O7. The highest BCUT2D eigenvalue weighted by atomic mass is 35.5. The van der Waals surface area contributed by atoms with Crippen LogP contribution in [-0.2, 0) is 19.1 Å². The van der Waals surface area contributed by atoms with E-state index >= 15 is 0 Å². The van der Waals surface area contributed by atoms with E-state index in [9.17, 15) is 14.7 Å². The number of hydrogen-bond acceptors (Lipinski definition) is 7. The van der Waals surface area contributed by atoms with Crippen molar-refractivity contribution in [3.63, 3.8) is 0 Å². The highest BCUT2D eigenvalue weighted by molar-refractivity contribution is 5.85. The van der Waals surface area contributed by atoms with Crippen LogP contribution in [0.4, 0.5) is 0 Å². The molecule has 1 aliphatic rings. The van der Waals surface area contributed by atoms with Crippen molar-refractivity contribution in [1.82, 2.24) is 5.32 Å². The normalized spacial score (nSPS) is 26.8. The van der Waals surface area contributed by atoms with Crippen molar-refractivity contribution < 1.29 is 34.4 Å². The molecule has 5 atom stereocenters. The molecule has 0 saturated heterocycles. The van der Waals surface area contributed by atoms with Crippen LogP contribution >= 0.6 is 12.4 Å². The van der Waals surface area contributed by atoms with Crippen LogP contribution in [0.2, 0.25) is 0 Å². The minimum absolute atomic E-state index is 0. The molecule has 128 valence electrons. The number of aliphatic hydroxyl groups excluding tert-OH is 2. The third-order valence-electron chi connectivity index (χ3n) is 3.12. The zero-order chi connectivity index (χ0) is 16.2. The maximum Gasteiger partial charge on any atom is 0.370 e. The lowest BCUT2D eigenvalue weighted by molar-refractivity contribution is -0.149. The second-order valence-corrected chi connectivity index (χ2v) is 4.67. The molecule has 0 bridgehead atoms. The molecule has 0 spiro atoms. The molecule has 1 rings (SSSR count). The Morgan fingerprint density at radius 1 is 1.55 bits per heavy atom. The quantitative estimate of drug-likeness (QED) is 0.371. The van der Waals surface area contributed by atoms with Crippen molar-refractivity contribution in [3.05, 3.63) is 11.8 Å². The minimum atomic E-state index is -1.33. The van der Waals surface area contributed by atoms with Gasteiger partial charge in [0.1, 0.15) is 18.3 Å². The SMILES string of the molecule is COC(C(O)CO)[C@@H]1OC(C(=O)O)=C[C@H](N)[C@H]1NC(C)=O.Cl. The zero-order valence-corrected chi connectivity index (χ0v) is 12.9. The number of carboxylic acid groups (broad SMARTS) is 1. The Bertz CT molecular complexity index is 432. The average Bonchev–Trinajstić information content (AvgIpc) is 2.41. The van der Waals surface area contributed by atoms with Crippen LogP contribution in [0, 0.1) is 0 Å². The first kappa shape index (κ1) is 20.6. The van der Waals surface area contributed by atoms with Crippen LogP contribution in [0.25, 0.3) is 0 Å². The van der Waals surface area contributed by atoms with E-state index in [0.29, 0.717) is 0 Å². The predicted octanol–water partition coefficient (Wildman–Crippen LogP) is -2.02. The topological polar surface area (TPSA) is 151 Å². The second kappa shape index (κ2) is 8.91. The van der Waals surface area contributed by atoms with Gasteiger partial charge in [0.2, 0.25) is 11.7 Å². The van der Waals surface area contributed by atoms with E-state index in [1.54, 1.807) is 0 Å². The number of nitrogens with two attached hydrogens (primary N) is 1. The number of aliphatic carboxylic acids is 1. The van der Waals surface area contributed by atoms with Gasteiger partial charge in [0.25, 0.3) is 0 Å². The third kappa shape index (κ3) is 4.82. The van der Waals surface area contributed by atoms with Crippen LogP contribution in [0.1, 0.15) is 6.92 Å². The van der Waals surface area contributed by atoms with Gasteiger partial charge in [-0.1, -0.05) is 0 Å². The van der Waals surface area contributed by atoms with Gasteiger partial charge in [-0.25, -0.2) is 4.79 Å². The maximum atomic E-state index is 11.3. The highest BCUT2D eigenvalue weighted by Crippen LogP contribution is 2.23. The molecule has 2 unspecified atom stereocenters. The molecule has 9 nitrogen and oxygen atoms in total. The number of aliphatic hydroxyl groups is 2.